The van der Waals surface area contributed by atoms with Crippen molar-refractivity contribution in [1.29, 1.82) is 0 Å². The molecule has 1 atom stereocenters. The van der Waals surface area contributed by atoms with Crippen LogP contribution in [0.1, 0.15) is 40.5 Å². The number of carbonyl (C=O) groups is 1. The van der Waals surface area contributed by atoms with Gasteiger partial charge < -0.3 is 10.0 Å². The van der Waals surface area contributed by atoms with Crippen molar-refractivity contribution in [3.8, 4) is 0 Å². The van der Waals surface area contributed by atoms with Crippen LogP contribution in [0.2, 0.25) is 0 Å². The number of aliphatic carboxylic acids is 1. The van der Waals surface area contributed by atoms with Crippen molar-refractivity contribution >= 4 is 17.6 Å². The van der Waals surface area contributed by atoms with Crippen molar-refractivity contribution in [2.45, 2.75) is 39.0 Å². The molecule has 0 aliphatic carbocycles. The predicted octanol–water partition coefficient (Wildman–Crippen LogP) is 3.69. The fraction of sp³-hybridized carbons (Fsp3) is 0.588. The van der Waals surface area contributed by atoms with Crippen molar-refractivity contribution in [3.05, 3.63) is 34.4 Å². The third kappa shape index (κ3) is 3.98. The first-order valence-electron chi connectivity index (χ1n) is 7.55. The van der Waals surface area contributed by atoms with Crippen molar-refractivity contribution in [2.75, 3.05) is 19.6 Å². The normalized spacial score (nSPS) is 18.7. The highest BCUT2D eigenvalue weighted by atomic mass is 35.5. The monoisotopic (exact) mass is 309 g/mol. The van der Waals surface area contributed by atoms with Crippen LogP contribution < -0.4 is 0 Å². The van der Waals surface area contributed by atoms with E-state index in [4.69, 9.17) is 16.7 Å². The lowest BCUT2D eigenvalue weighted by Crippen LogP contribution is -2.38. The molecule has 1 unspecified atom stereocenters. The van der Waals surface area contributed by atoms with Gasteiger partial charge in [0, 0.05) is 6.54 Å². The summed E-state index contributed by atoms with van der Waals surface area (Å²) in [6.45, 7) is 8.76. The highest BCUT2D eigenvalue weighted by molar-refractivity contribution is 6.21. The zero-order valence-electron chi connectivity index (χ0n) is 13.0. The molecule has 1 fully saturated rings. The molecule has 0 amide bonds. The zero-order valence-corrected chi connectivity index (χ0v) is 13.8. The van der Waals surface area contributed by atoms with Gasteiger partial charge in [-0.05, 0) is 63.4 Å². The highest BCUT2D eigenvalue weighted by Crippen LogP contribution is 2.30. The Hall–Kier alpha value is -1.06. The Balaban J connectivity index is 2.00. The smallest absolute Gasteiger partial charge is 0.306 e. The van der Waals surface area contributed by atoms with Crippen LogP contribution in [-0.2, 0) is 4.79 Å². The van der Waals surface area contributed by atoms with Gasteiger partial charge in [-0.2, -0.15) is 0 Å². The number of nitrogens with zero attached hydrogens (tertiary/aromatic N) is 1. The van der Waals surface area contributed by atoms with Gasteiger partial charge in [-0.1, -0.05) is 17.7 Å². The number of halogens is 1. The van der Waals surface area contributed by atoms with Crippen LogP contribution >= 0.6 is 11.6 Å². The van der Waals surface area contributed by atoms with E-state index in [1.807, 2.05) is 0 Å². The second-order valence-corrected chi connectivity index (χ2v) is 6.72. The maximum atomic E-state index is 11.0. The average Bonchev–Trinajstić information content (AvgIpc) is 2.37. The van der Waals surface area contributed by atoms with Crippen LogP contribution in [0.3, 0.4) is 0 Å². The van der Waals surface area contributed by atoms with Crippen molar-refractivity contribution in [2.24, 2.45) is 5.92 Å². The first kappa shape index (κ1) is 16.3. The molecule has 1 heterocycles. The molecule has 1 aliphatic heterocycles. The highest BCUT2D eigenvalue weighted by Gasteiger charge is 2.26. The van der Waals surface area contributed by atoms with Crippen molar-refractivity contribution in [3.63, 3.8) is 0 Å². The second-order valence-electron chi connectivity index (χ2n) is 6.19. The molecule has 1 aromatic carbocycles. The first-order valence-corrected chi connectivity index (χ1v) is 7.99. The van der Waals surface area contributed by atoms with E-state index >= 15 is 0 Å². The number of likely N-dealkylation sites (tertiary alicyclic amines) is 1. The molecule has 1 saturated heterocycles. The molecule has 0 bridgehead atoms. The lowest BCUT2D eigenvalue weighted by atomic mass is 9.94. The Labute approximate surface area is 131 Å². The van der Waals surface area contributed by atoms with Gasteiger partial charge in [0.05, 0.1) is 11.3 Å². The summed E-state index contributed by atoms with van der Waals surface area (Å²) in [7, 11) is 0. The molecule has 1 aliphatic rings. The summed E-state index contributed by atoms with van der Waals surface area (Å²) in [6, 6.07) is 4.35. The Morgan fingerprint density at radius 2 is 1.81 bits per heavy atom. The number of rotatable bonds is 4. The molecule has 0 saturated carbocycles. The maximum Gasteiger partial charge on any atom is 0.306 e. The SMILES string of the molecule is Cc1cc(C)c(C(Cl)CN2CCC(C(=O)O)CC2)c(C)c1. The van der Waals surface area contributed by atoms with Crippen LogP contribution in [0.4, 0.5) is 0 Å². The second kappa shape index (κ2) is 6.80. The fourth-order valence-electron chi connectivity index (χ4n) is 3.37. The zero-order chi connectivity index (χ0) is 15.6. The number of hydrogen-bond acceptors (Lipinski definition) is 2. The molecule has 1 N–H and O–H groups in total. The van der Waals surface area contributed by atoms with Gasteiger partial charge in [0.1, 0.15) is 0 Å². The molecule has 3 nitrogen and oxygen atoms in total. The largest absolute Gasteiger partial charge is 0.481 e. The van der Waals surface area contributed by atoms with Gasteiger partial charge >= 0.3 is 5.97 Å². The summed E-state index contributed by atoms with van der Waals surface area (Å²) in [6.07, 6.45) is 1.45. The van der Waals surface area contributed by atoms with E-state index in [2.05, 4.69) is 37.8 Å². The van der Waals surface area contributed by atoms with E-state index in [9.17, 15) is 4.79 Å². The van der Waals surface area contributed by atoms with E-state index in [1.54, 1.807) is 0 Å². The van der Waals surface area contributed by atoms with Gasteiger partial charge in [-0.15, -0.1) is 11.6 Å². The molecule has 4 heteroatoms. The number of aryl methyl sites for hydroxylation is 3. The number of alkyl halides is 1. The standard InChI is InChI=1S/C17H24ClNO2/c1-11-8-12(2)16(13(3)9-11)15(18)10-19-6-4-14(5-7-19)17(20)21/h8-9,14-15H,4-7,10H2,1-3H3,(H,20,21). The topological polar surface area (TPSA) is 40.5 Å². The molecule has 21 heavy (non-hydrogen) atoms. The third-order valence-electron chi connectivity index (χ3n) is 4.41. The molecule has 1 aromatic rings. The molecule has 0 aromatic heterocycles. The summed E-state index contributed by atoms with van der Waals surface area (Å²) in [5, 5.41) is 9.00. The van der Waals surface area contributed by atoms with Gasteiger partial charge in [0.15, 0.2) is 0 Å². The summed E-state index contributed by atoms with van der Waals surface area (Å²) >= 11 is 6.64. The minimum atomic E-state index is -0.665. The van der Waals surface area contributed by atoms with Crippen LogP contribution in [0.25, 0.3) is 0 Å². The lowest BCUT2D eigenvalue weighted by Gasteiger charge is -2.32. The predicted molar refractivity (Wildman–Crippen MR) is 86.0 cm³/mol. The number of piperidine rings is 1. The van der Waals surface area contributed by atoms with E-state index in [0.717, 1.165) is 32.5 Å². The van der Waals surface area contributed by atoms with Gasteiger partial charge in [-0.25, -0.2) is 0 Å². The molecule has 116 valence electrons. The number of benzene rings is 1. The summed E-state index contributed by atoms with van der Waals surface area (Å²) in [4.78, 5) is 13.3. The number of carboxylic acid groups (broad SMARTS) is 1. The van der Waals surface area contributed by atoms with Crippen molar-refractivity contribution in [1.82, 2.24) is 4.90 Å². The van der Waals surface area contributed by atoms with Crippen LogP contribution in [0.15, 0.2) is 12.1 Å². The number of carboxylic acids is 1. The Morgan fingerprint density at radius 3 is 2.29 bits per heavy atom. The minimum Gasteiger partial charge on any atom is -0.481 e. The summed E-state index contributed by atoms with van der Waals surface area (Å²) in [5.41, 5.74) is 4.98. The van der Waals surface area contributed by atoms with E-state index in [0.29, 0.717) is 0 Å². The van der Waals surface area contributed by atoms with Gasteiger partial charge in [0.2, 0.25) is 0 Å². The molecular formula is C17H24ClNO2. The van der Waals surface area contributed by atoms with E-state index < -0.39 is 5.97 Å². The maximum absolute atomic E-state index is 11.0. The van der Waals surface area contributed by atoms with E-state index in [-0.39, 0.29) is 11.3 Å². The van der Waals surface area contributed by atoms with Crippen LogP contribution in [-0.4, -0.2) is 35.6 Å². The summed E-state index contributed by atoms with van der Waals surface area (Å²) in [5.74, 6) is -0.847. The average molecular weight is 310 g/mol. The quantitative estimate of drug-likeness (QED) is 0.862. The molecule has 0 radical (unpaired) electrons. The number of hydrogen-bond donors (Lipinski definition) is 1. The van der Waals surface area contributed by atoms with Crippen LogP contribution in [0, 0.1) is 26.7 Å². The van der Waals surface area contributed by atoms with Gasteiger partial charge in [-0.3, -0.25) is 4.79 Å². The Morgan fingerprint density at radius 1 is 1.29 bits per heavy atom. The van der Waals surface area contributed by atoms with Crippen molar-refractivity contribution < 1.29 is 9.90 Å². The molecule has 2 rings (SSSR count). The Bertz CT molecular complexity index is 499. The lowest BCUT2D eigenvalue weighted by molar-refractivity contribution is -0.143. The van der Waals surface area contributed by atoms with Crippen LogP contribution in [0.5, 0.6) is 0 Å². The fourth-order valence-corrected chi connectivity index (χ4v) is 3.91. The minimum absolute atomic E-state index is 0.0352. The first-order chi connectivity index (χ1) is 9.88. The third-order valence-corrected chi connectivity index (χ3v) is 4.76. The Kier molecular flexibility index (Phi) is 5.28. The van der Waals surface area contributed by atoms with Gasteiger partial charge in [0.25, 0.3) is 0 Å². The molecular weight excluding hydrogens is 286 g/mol. The molecule has 0 spiro atoms. The summed E-state index contributed by atoms with van der Waals surface area (Å²) < 4.78 is 0. The van der Waals surface area contributed by atoms with E-state index in [1.165, 1.54) is 22.3 Å².